The molecule has 0 bridgehead atoms. The maximum Gasteiger partial charge on any atom is 0.0587 e. The molecule has 0 fully saturated rings. The number of rotatable bonds is 0. The van der Waals surface area contributed by atoms with E-state index >= 15 is 0 Å². The second-order valence-corrected chi connectivity index (χ2v) is 0.224. The average Bonchev–Trinajstić information content (AvgIpc) is 0.918. The smallest absolute Gasteiger partial charge is 0.0587 e. The van der Waals surface area contributed by atoms with Crippen molar-refractivity contribution in [3.8, 4) is 6.07 Å². The number of hydrogen-bond acceptors (Lipinski definition) is 1. The Morgan fingerprint density at radius 3 is 1.75 bits per heavy atom. The van der Waals surface area contributed by atoms with E-state index in [9.17, 15) is 0 Å². The summed E-state index contributed by atoms with van der Waals surface area (Å²) in [6.07, 6.45) is 0. The monoisotopic (exact) mass is 80.0 g/mol. The van der Waals surface area contributed by atoms with E-state index in [2.05, 4.69) is 0 Å². The largest absolute Gasteiger partial charge is 0.199 e. The van der Waals surface area contributed by atoms with Crippen LogP contribution in [0.15, 0.2) is 0 Å². The van der Waals surface area contributed by atoms with Crippen LogP contribution in [-0.4, -0.2) is 51.4 Å². The van der Waals surface area contributed by atoms with Crippen LogP contribution in [0.2, 0.25) is 0 Å². The van der Waals surface area contributed by atoms with Crippen LogP contribution >= 0.6 is 0 Å². The molecule has 0 N–H and O–H groups in total. The van der Waals surface area contributed by atoms with Crippen LogP contribution in [0.1, 0.15) is 6.92 Å². The summed E-state index contributed by atoms with van der Waals surface area (Å²) in [6.45, 7) is 1.43. The van der Waals surface area contributed by atoms with E-state index in [0.717, 1.165) is 0 Å². The van der Waals surface area contributed by atoms with Gasteiger partial charge in [0, 0.05) is 58.3 Å². The fraction of sp³-hybridized carbons (Fsp3) is 0.500. The third-order valence-electron chi connectivity index (χ3n) is 0. The first-order chi connectivity index (χ1) is 1.41. The molecule has 0 aliphatic rings. The Kier molecular flexibility index (Phi) is 19.9. The molecule has 1 radical (unpaired) electrons. The van der Waals surface area contributed by atoms with E-state index in [1.54, 1.807) is 6.07 Å². The second kappa shape index (κ2) is 8.92. The fourth-order valence-electron chi connectivity index (χ4n) is 0. The van der Waals surface area contributed by atoms with Crippen molar-refractivity contribution >= 4 is 51.4 Å². The SMILES string of the molecule is CC#N.[K]. The third kappa shape index (κ3) is 11.1. The summed E-state index contributed by atoms with van der Waals surface area (Å²) in [7, 11) is 0. The molecule has 0 saturated carbocycles. The summed E-state index contributed by atoms with van der Waals surface area (Å²) in [4.78, 5) is 0. The zero-order valence-electron chi connectivity index (χ0n) is 2.95. The Bertz CT molecular complexity index is 27.5. The maximum absolute atomic E-state index is 7.32. The molecule has 0 unspecified atom stereocenters. The van der Waals surface area contributed by atoms with Crippen molar-refractivity contribution in [2.75, 3.05) is 0 Å². The second-order valence-electron chi connectivity index (χ2n) is 0.224. The summed E-state index contributed by atoms with van der Waals surface area (Å²) in [5, 5.41) is 7.32. The Balaban J connectivity index is 0. The summed E-state index contributed by atoms with van der Waals surface area (Å²) in [6, 6.07) is 1.75. The molecule has 0 spiro atoms. The van der Waals surface area contributed by atoms with Crippen molar-refractivity contribution < 1.29 is 0 Å². The predicted molar refractivity (Wildman–Crippen MR) is 17.0 cm³/mol. The van der Waals surface area contributed by atoms with Gasteiger partial charge >= 0.3 is 0 Å². The molecule has 4 heavy (non-hydrogen) atoms. The number of nitrogens with zero attached hydrogens (tertiary/aromatic N) is 1. The van der Waals surface area contributed by atoms with Crippen LogP contribution in [-0.2, 0) is 0 Å². The van der Waals surface area contributed by atoms with E-state index in [1.807, 2.05) is 0 Å². The fourth-order valence-corrected chi connectivity index (χ4v) is 0. The molecular formula is C2H3KN. The van der Waals surface area contributed by atoms with Crippen molar-refractivity contribution in [1.82, 2.24) is 0 Å². The van der Waals surface area contributed by atoms with Crippen LogP contribution in [0, 0.1) is 11.3 Å². The molecule has 0 heterocycles. The zero-order chi connectivity index (χ0) is 2.71. The maximum atomic E-state index is 7.32. The van der Waals surface area contributed by atoms with Crippen LogP contribution in [0.4, 0.5) is 0 Å². The molecule has 0 aromatic rings. The van der Waals surface area contributed by atoms with Crippen molar-refractivity contribution in [1.29, 1.82) is 5.26 Å². The van der Waals surface area contributed by atoms with Crippen molar-refractivity contribution in [2.24, 2.45) is 0 Å². The quantitative estimate of drug-likeness (QED) is 0.380. The van der Waals surface area contributed by atoms with Gasteiger partial charge in [-0.2, -0.15) is 5.26 Å². The minimum Gasteiger partial charge on any atom is -0.199 e. The molecular weight excluding hydrogens is 77.1 g/mol. The summed E-state index contributed by atoms with van der Waals surface area (Å²) in [5.74, 6) is 0. The van der Waals surface area contributed by atoms with Gasteiger partial charge in [0.2, 0.25) is 0 Å². The van der Waals surface area contributed by atoms with Crippen LogP contribution < -0.4 is 0 Å². The van der Waals surface area contributed by atoms with Crippen molar-refractivity contribution in [3.05, 3.63) is 0 Å². The van der Waals surface area contributed by atoms with Gasteiger partial charge in [0.25, 0.3) is 0 Å². The van der Waals surface area contributed by atoms with E-state index in [-0.39, 0.29) is 51.4 Å². The Morgan fingerprint density at radius 2 is 1.75 bits per heavy atom. The van der Waals surface area contributed by atoms with Gasteiger partial charge in [-0.1, -0.05) is 0 Å². The molecule has 2 heteroatoms. The Labute approximate surface area is 68.4 Å². The Hall–Kier alpha value is 1.13. The van der Waals surface area contributed by atoms with Crippen molar-refractivity contribution in [2.45, 2.75) is 6.92 Å². The number of hydrogen-bond donors (Lipinski definition) is 0. The topological polar surface area (TPSA) is 23.8 Å². The van der Waals surface area contributed by atoms with E-state index in [0.29, 0.717) is 0 Å². The van der Waals surface area contributed by atoms with Gasteiger partial charge in [0.05, 0.1) is 6.07 Å². The molecule has 1 nitrogen and oxygen atoms in total. The van der Waals surface area contributed by atoms with E-state index in [1.165, 1.54) is 6.92 Å². The van der Waals surface area contributed by atoms with Crippen LogP contribution in [0.5, 0.6) is 0 Å². The molecule has 0 amide bonds. The minimum atomic E-state index is 0. The first-order valence-electron chi connectivity index (χ1n) is 0.724. The van der Waals surface area contributed by atoms with Crippen LogP contribution in [0.3, 0.4) is 0 Å². The summed E-state index contributed by atoms with van der Waals surface area (Å²) < 4.78 is 0. The molecule has 0 saturated heterocycles. The van der Waals surface area contributed by atoms with Gasteiger partial charge < -0.3 is 0 Å². The third-order valence-corrected chi connectivity index (χ3v) is 0. The van der Waals surface area contributed by atoms with Crippen LogP contribution in [0.25, 0.3) is 0 Å². The van der Waals surface area contributed by atoms with Crippen molar-refractivity contribution in [3.63, 3.8) is 0 Å². The first-order valence-corrected chi connectivity index (χ1v) is 0.724. The minimum absolute atomic E-state index is 0. The van der Waals surface area contributed by atoms with Gasteiger partial charge in [-0.05, 0) is 0 Å². The molecule has 0 aliphatic heterocycles. The molecule has 0 aromatic carbocycles. The molecule has 0 rings (SSSR count). The van der Waals surface area contributed by atoms with Gasteiger partial charge in [-0.15, -0.1) is 0 Å². The summed E-state index contributed by atoms with van der Waals surface area (Å²) >= 11 is 0. The van der Waals surface area contributed by atoms with E-state index in [4.69, 9.17) is 5.26 Å². The molecule has 17 valence electrons. The zero-order valence-corrected chi connectivity index (χ0v) is 6.07. The molecule has 0 aromatic heterocycles. The normalized spacial score (nSPS) is 2.00. The molecule has 0 atom stereocenters. The standard InChI is InChI=1S/C2H3N.K/c1-2-3;/h1H3;. The predicted octanol–water partition coefficient (Wildman–Crippen LogP) is 0.149. The summed E-state index contributed by atoms with van der Waals surface area (Å²) in [5.41, 5.74) is 0. The van der Waals surface area contributed by atoms with E-state index < -0.39 is 0 Å². The Morgan fingerprint density at radius 1 is 1.75 bits per heavy atom. The molecule has 0 aliphatic carbocycles. The van der Waals surface area contributed by atoms with Gasteiger partial charge in [0.15, 0.2) is 0 Å². The van der Waals surface area contributed by atoms with Gasteiger partial charge in [0.1, 0.15) is 0 Å². The first kappa shape index (κ1) is 8.93. The van der Waals surface area contributed by atoms with Gasteiger partial charge in [-0.25, -0.2) is 0 Å². The number of nitriles is 1. The van der Waals surface area contributed by atoms with Gasteiger partial charge in [-0.3, -0.25) is 0 Å². The average molecular weight is 80.2 g/mol.